The van der Waals surface area contributed by atoms with E-state index >= 15 is 0 Å². The van der Waals surface area contributed by atoms with Gasteiger partial charge in [0.05, 0.1) is 0 Å². The molecule has 0 saturated carbocycles. The molecule has 1 heteroatoms. The molecule has 0 radical (unpaired) electrons. The van der Waals surface area contributed by atoms with Crippen LogP contribution < -0.4 is 4.90 Å². The van der Waals surface area contributed by atoms with Crippen LogP contribution in [0.4, 0.5) is 17.1 Å². The quantitative estimate of drug-likeness (QED) is 0.158. The molecule has 2 aliphatic rings. The fourth-order valence-corrected chi connectivity index (χ4v) is 10.9. The van der Waals surface area contributed by atoms with Gasteiger partial charge in [-0.05, 0) is 138 Å². The predicted molar refractivity (Wildman–Crippen MR) is 249 cm³/mol. The first-order chi connectivity index (χ1) is 29.0. The molecular weight excluding hydrogens is 711 g/mol. The molecular formula is C58H41N. The van der Waals surface area contributed by atoms with Crippen LogP contribution >= 0.6 is 0 Å². The van der Waals surface area contributed by atoms with Crippen molar-refractivity contribution in [2.24, 2.45) is 0 Å². The van der Waals surface area contributed by atoms with Crippen LogP contribution in [-0.2, 0) is 10.8 Å². The predicted octanol–water partition coefficient (Wildman–Crippen LogP) is 15.3. The van der Waals surface area contributed by atoms with E-state index in [4.69, 9.17) is 0 Å². The van der Waals surface area contributed by atoms with Gasteiger partial charge in [-0.3, -0.25) is 0 Å². The Labute approximate surface area is 345 Å². The number of hydrogen-bond acceptors (Lipinski definition) is 1. The minimum absolute atomic E-state index is 0.321. The van der Waals surface area contributed by atoms with Crippen molar-refractivity contribution >= 4 is 49.4 Å². The Morgan fingerprint density at radius 3 is 1.08 bits per heavy atom. The van der Waals surface area contributed by atoms with Crippen molar-refractivity contribution in [3.05, 3.63) is 246 Å². The minimum atomic E-state index is -0.321. The van der Waals surface area contributed by atoms with Gasteiger partial charge in [0.2, 0.25) is 0 Å². The Balaban J connectivity index is 1.13. The highest BCUT2D eigenvalue weighted by Gasteiger charge is 2.43. The van der Waals surface area contributed by atoms with Crippen LogP contribution in [-0.4, -0.2) is 0 Å². The van der Waals surface area contributed by atoms with Crippen LogP contribution in [0.3, 0.4) is 0 Å². The molecule has 0 fully saturated rings. The van der Waals surface area contributed by atoms with Crippen molar-refractivity contribution in [1.82, 2.24) is 0 Å². The molecule has 2 aliphatic carbocycles. The molecule has 10 aromatic rings. The maximum Gasteiger partial charge on any atom is 0.0468 e. The summed E-state index contributed by atoms with van der Waals surface area (Å²) in [6.45, 7) is 4.82. The third kappa shape index (κ3) is 4.73. The summed E-state index contributed by atoms with van der Waals surface area (Å²) >= 11 is 0. The molecule has 0 saturated heterocycles. The lowest BCUT2D eigenvalue weighted by atomic mass is 9.74. The molecule has 2 unspecified atom stereocenters. The number of rotatable bonds is 5. The van der Waals surface area contributed by atoms with Gasteiger partial charge in [0.25, 0.3) is 0 Å². The maximum absolute atomic E-state index is 2.51. The summed E-state index contributed by atoms with van der Waals surface area (Å²) in [6.07, 6.45) is 0. The second-order valence-electron chi connectivity index (χ2n) is 16.7. The fourth-order valence-electron chi connectivity index (χ4n) is 10.9. The normalized spacial score (nSPS) is 17.5. The zero-order valence-corrected chi connectivity index (χ0v) is 33.2. The van der Waals surface area contributed by atoms with E-state index in [0.717, 1.165) is 17.1 Å². The summed E-state index contributed by atoms with van der Waals surface area (Å²) in [7, 11) is 0. The van der Waals surface area contributed by atoms with Crippen LogP contribution in [0.15, 0.2) is 212 Å². The molecule has 0 spiro atoms. The standard InChI is InChI=1S/C58H41N/c1-57(38-17-5-3-6-18-38)53-27-15-13-25-48(53)50-33-30-41(36-55(50)57)59(40-29-32-47-45-23-10-9-21-43(45)44-22-11-12-24-46(44)52(47)35-40)42-31-34-51-49-26-14-16-28-54(49)58(2,56(51)37-42)39-19-7-4-8-20-39/h3-37H,1-2H3. The van der Waals surface area contributed by atoms with Crippen molar-refractivity contribution in [2.75, 3.05) is 4.90 Å². The number of nitrogens with zero attached hydrogens (tertiary/aromatic N) is 1. The third-order valence-electron chi connectivity index (χ3n) is 13.8. The molecule has 59 heavy (non-hydrogen) atoms. The van der Waals surface area contributed by atoms with E-state index in [1.807, 2.05) is 0 Å². The average molecular weight is 752 g/mol. The van der Waals surface area contributed by atoms with Gasteiger partial charge in [0.15, 0.2) is 0 Å². The lowest BCUT2D eigenvalue weighted by molar-refractivity contribution is 0.713. The Bertz CT molecular complexity index is 3130. The first kappa shape index (κ1) is 33.9. The summed E-state index contributed by atoms with van der Waals surface area (Å²) in [4.78, 5) is 2.51. The molecule has 0 amide bonds. The highest BCUT2D eigenvalue weighted by Crippen LogP contribution is 2.56. The summed E-state index contributed by atoms with van der Waals surface area (Å²) < 4.78 is 0. The molecule has 0 bridgehead atoms. The Morgan fingerprint density at radius 1 is 0.271 bits per heavy atom. The van der Waals surface area contributed by atoms with Gasteiger partial charge in [-0.25, -0.2) is 0 Å². The van der Waals surface area contributed by atoms with Crippen molar-refractivity contribution in [1.29, 1.82) is 0 Å². The number of anilines is 3. The van der Waals surface area contributed by atoms with Gasteiger partial charge in [-0.2, -0.15) is 0 Å². The first-order valence-corrected chi connectivity index (χ1v) is 20.8. The van der Waals surface area contributed by atoms with E-state index in [2.05, 4.69) is 231 Å². The minimum Gasteiger partial charge on any atom is -0.310 e. The molecule has 10 aromatic carbocycles. The van der Waals surface area contributed by atoms with Gasteiger partial charge in [-0.1, -0.05) is 176 Å². The molecule has 0 heterocycles. The molecule has 12 rings (SSSR count). The smallest absolute Gasteiger partial charge is 0.0468 e. The number of fused-ring (bicyclic) bond motifs is 12. The van der Waals surface area contributed by atoms with Crippen LogP contribution in [0.25, 0.3) is 54.6 Å². The lowest BCUT2D eigenvalue weighted by Crippen LogP contribution is -2.23. The second kappa shape index (κ2) is 12.6. The van der Waals surface area contributed by atoms with Gasteiger partial charge in [-0.15, -0.1) is 0 Å². The Morgan fingerprint density at radius 2 is 0.610 bits per heavy atom. The van der Waals surface area contributed by atoms with Gasteiger partial charge in [0, 0.05) is 27.9 Å². The zero-order valence-electron chi connectivity index (χ0n) is 33.2. The Hall–Kier alpha value is -7.22. The molecule has 2 atom stereocenters. The van der Waals surface area contributed by atoms with E-state index in [1.54, 1.807) is 0 Å². The topological polar surface area (TPSA) is 3.24 Å². The molecule has 1 nitrogen and oxygen atoms in total. The highest BCUT2D eigenvalue weighted by molar-refractivity contribution is 6.25. The van der Waals surface area contributed by atoms with Crippen molar-refractivity contribution < 1.29 is 0 Å². The molecule has 0 N–H and O–H groups in total. The van der Waals surface area contributed by atoms with Gasteiger partial charge >= 0.3 is 0 Å². The molecule has 278 valence electrons. The summed E-state index contributed by atoms with van der Waals surface area (Å²) in [5.74, 6) is 0. The van der Waals surface area contributed by atoms with Crippen molar-refractivity contribution in [3.63, 3.8) is 0 Å². The maximum atomic E-state index is 2.51. The summed E-state index contributed by atoms with van der Waals surface area (Å²) in [5.41, 5.74) is 15.9. The second-order valence-corrected chi connectivity index (χ2v) is 16.7. The zero-order chi connectivity index (χ0) is 39.3. The average Bonchev–Trinajstić information content (AvgIpc) is 3.72. The highest BCUT2D eigenvalue weighted by atomic mass is 15.1. The van der Waals surface area contributed by atoms with E-state index < -0.39 is 0 Å². The number of hydrogen-bond donors (Lipinski definition) is 0. The van der Waals surface area contributed by atoms with E-state index in [9.17, 15) is 0 Å². The monoisotopic (exact) mass is 751 g/mol. The van der Waals surface area contributed by atoms with Gasteiger partial charge < -0.3 is 4.90 Å². The largest absolute Gasteiger partial charge is 0.310 e. The third-order valence-corrected chi connectivity index (χ3v) is 13.8. The van der Waals surface area contributed by atoms with Crippen LogP contribution in [0.1, 0.15) is 47.2 Å². The molecule has 0 aromatic heterocycles. The lowest BCUT2D eigenvalue weighted by Gasteiger charge is -2.32. The van der Waals surface area contributed by atoms with Crippen molar-refractivity contribution in [2.45, 2.75) is 24.7 Å². The van der Waals surface area contributed by atoms with E-state index in [-0.39, 0.29) is 10.8 Å². The van der Waals surface area contributed by atoms with Crippen LogP contribution in [0.2, 0.25) is 0 Å². The molecule has 0 aliphatic heterocycles. The van der Waals surface area contributed by atoms with Crippen LogP contribution in [0.5, 0.6) is 0 Å². The fraction of sp³-hybridized carbons (Fsp3) is 0.0690. The number of benzene rings is 10. The first-order valence-electron chi connectivity index (χ1n) is 20.8. The Kier molecular flexibility index (Phi) is 7.26. The van der Waals surface area contributed by atoms with Gasteiger partial charge in [0.1, 0.15) is 0 Å². The van der Waals surface area contributed by atoms with E-state index in [1.165, 1.54) is 88.0 Å². The van der Waals surface area contributed by atoms with E-state index in [0.29, 0.717) is 0 Å². The van der Waals surface area contributed by atoms with Crippen molar-refractivity contribution in [3.8, 4) is 22.3 Å². The SMILES string of the molecule is CC1(c2ccccc2)c2ccccc2-c2ccc(N(c3ccc4c(c3)C(C)(c3ccccc3)c3ccccc3-4)c3ccc4c5ccccc5c5ccccc5c4c3)cc21. The summed E-state index contributed by atoms with van der Waals surface area (Å²) in [6, 6.07) is 79.3. The summed E-state index contributed by atoms with van der Waals surface area (Å²) in [5, 5.41) is 7.64. The van der Waals surface area contributed by atoms with Crippen LogP contribution in [0, 0.1) is 0 Å².